The average molecular weight is 334 g/mol. The third kappa shape index (κ3) is 4.03. The molecule has 0 aliphatic carbocycles. The zero-order chi connectivity index (χ0) is 14.5. The van der Waals surface area contributed by atoms with Crippen LogP contribution in [0.4, 0.5) is 10.1 Å². The maximum atomic E-state index is 13.4. The quantitative estimate of drug-likeness (QED) is 0.820. The number of benzene rings is 2. The Morgan fingerprint density at radius 2 is 2.05 bits per heavy atom. The van der Waals surface area contributed by atoms with Crippen molar-refractivity contribution in [2.24, 2.45) is 0 Å². The molecule has 0 heterocycles. The number of carbonyl (C=O) groups is 1. The number of amides is 1. The van der Waals surface area contributed by atoms with E-state index in [9.17, 15) is 9.18 Å². The highest BCUT2D eigenvalue weighted by atomic mass is 79.9. The molecule has 0 atom stereocenters. The summed E-state index contributed by atoms with van der Waals surface area (Å²) in [7, 11) is 0. The molecule has 102 valence electrons. The lowest BCUT2D eigenvalue weighted by molar-refractivity contribution is -0.111. The van der Waals surface area contributed by atoms with Crippen molar-refractivity contribution in [3.05, 3.63) is 70.0 Å². The zero-order valence-corrected chi connectivity index (χ0v) is 12.4. The highest BCUT2D eigenvalue weighted by Crippen LogP contribution is 2.15. The number of aryl methyl sites for hydroxylation is 1. The lowest BCUT2D eigenvalue weighted by atomic mass is 10.2. The Labute approximate surface area is 125 Å². The molecule has 0 bridgehead atoms. The van der Waals surface area contributed by atoms with Crippen LogP contribution in [-0.2, 0) is 4.79 Å². The van der Waals surface area contributed by atoms with Crippen LogP contribution in [0.2, 0.25) is 0 Å². The van der Waals surface area contributed by atoms with E-state index in [2.05, 4.69) is 21.2 Å². The highest BCUT2D eigenvalue weighted by Gasteiger charge is 2.01. The molecule has 2 rings (SSSR count). The van der Waals surface area contributed by atoms with Crippen LogP contribution in [0.15, 0.2) is 53.0 Å². The van der Waals surface area contributed by atoms with Gasteiger partial charge in [0, 0.05) is 16.2 Å². The number of anilines is 1. The van der Waals surface area contributed by atoms with Crippen LogP contribution in [0, 0.1) is 12.7 Å². The number of hydrogen-bond acceptors (Lipinski definition) is 1. The number of halogens is 2. The summed E-state index contributed by atoms with van der Waals surface area (Å²) in [6.45, 7) is 1.67. The third-order valence-corrected chi connectivity index (χ3v) is 3.21. The smallest absolute Gasteiger partial charge is 0.248 e. The topological polar surface area (TPSA) is 29.1 Å². The summed E-state index contributed by atoms with van der Waals surface area (Å²) in [5.74, 6) is -0.632. The van der Waals surface area contributed by atoms with Crippen molar-refractivity contribution in [2.75, 3.05) is 5.32 Å². The van der Waals surface area contributed by atoms with E-state index >= 15 is 0 Å². The minimum absolute atomic E-state index is 0.298. The summed E-state index contributed by atoms with van der Waals surface area (Å²) in [5.41, 5.74) is 1.90. The summed E-state index contributed by atoms with van der Waals surface area (Å²) in [6, 6.07) is 12.2. The van der Waals surface area contributed by atoms with Crippen molar-refractivity contribution in [2.45, 2.75) is 6.92 Å². The first-order valence-corrected chi connectivity index (χ1v) is 6.85. The number of carbonyl (C=O) groups excluding carboxylic acids is 1. The Kier molecular flexibility index (Phi) is 4.69. The number of nitrogens with one attached hydrogen (secondary N) is 1. The molecular formula is C16H13BrFNO. The van der Waals surface area contributed by atoms with Crippen molar-refractivity contribution in [3.8, 4) is 0 Å². The summed E-state index contributed by atoms with van der Waals surface area (Å²) < 4.78 is 14.3. The van der Waals surface area contributed by atoms with E-state index in [0.717, 1.165) is 10.0 Å². The molecule has 0 aromatic heterocycles. The minimum atomic E-state index is -0.334. The van der Waals surface area contributed by atoms with Gasteiger partial charge in [0.1, 0.15) is 5.82 Å². The molecule has 1 amide bonds. The van der Waals surface area contributed by atoms with Crippen molar-refractivity contribution in [1.29, 1.82) is 0 Å². The van der Waals surface area contributed by atoms with Crippen LogP contribution in [0.25, 0.3) is 6.08 Å². The van der Waals surface area contributed by atoms with E-state index in [1.54, 1.807) is 25.1 Å². The monoisotopic (exact) mass is 333 g/mol. The first-order valence-electron chi connectivity index (χ1n) is 6.05. The fraction of sp³-hybridized carbons (Fsp3) is 0.0625. The van der Waals surface area contributed by atoms with E-state index in [-0.39, 0.29) is 11.7 Å². The molecule has 20 heavy (non-hydrogen) atoms. The highest BCUT2D eigenvalue weighted by molar-refractivity contribution is 9.10. The van der Waals surface area contributed by atoms with Crippen molar-refractivity contribution in [3.63, 3.8) is 0 Å². The predicted octanol–water partition coefficient (Wildman–Crippen LogP) is 4.55. The predicted molar refractivity (Wildman–Crippen MR) is 82.9 cm³/mol. The Bertz CT molecular complexity index is 667. The SMILES string of the molecule is Cc1ccc(NC(=O)C=Cc2cccc(Br)c2)cc1F. The number of hydrogen-bond donors (Lipinski definition) is 1. The summed E-state index contributed by atoms with van der Waals surface area (Å²) in [5, 5.41) is 2.62. The van der Waals surface area contributed by atoms with Gasteiger partial charge < -0.3 is 5.32 Å². The maximum absolute atomic E-state index is 13.4. The van der Waals surface area contributed by atoms with Gasteiger partial charge in [0.2, 0.25) is 5.91 Å². The molecule has 0 fully saturated rings. The third-order valence-electron chi connectivity index (χ3n) is 2.72. The molecule has 2 nitrogen and oxygen atoms in total. The van der Waals surface area contributed by atoms with Crippen molar-refractivity contribution in [1.82, 2.24) is 0 Å². The molecule has 2 aromatic carbocycles. The summed E-state index contributed by atoms with van der Waals surface area (Å²) in [6.07, 6.45) is 3.12. The maximum Gasteiger partial charge on any atom is 0.248 e. The van der Waals surface area contributed by atoms with E-state index in [0.29, 0.717) is 11.3 Å². The van der Waals surface area contributed by atoms with Crippen molar-refractivity contribution < 1.29 is 9.18 Å². The molecule has 0 spiro atoms. The van der Waals surface area contributed by atoms with Gasteiger partial charge in [0.05, 0.1) is 0 Å². The minimum Gasteiger partial charge on any atom is -0.322 e. The molecule has 0 radical (unpaired) electrons. The lowest BCUT2D eigenvalue weighted by Crippen LogP contribution is -2.08. The Morgan fingerprint density at radius 3 is 2.75 bits per heavy atom. The molecule has 4 heteroatoms. The van der Waals surface area contributed by atoms with Crippen LogP contribution >= 0.6 is 15.9 Å². The van der Waals surface area contributed by atoms with Gasteiger partial charge in [0.25, 0.3) is 0 Å². The molecule has 0 saturated heterocycles. The first kappa shape index (κ1) is 14.5. The molecular weight excluding hydrogens is 321 g/mol. The standard InChI is InChI=1S/C16H13BrFNO/c1-11-5-7-14(10-15(11)18)19-16(20)8-6-12-3-2-4-13(17)9-12/h2-10H,1H3,(H,19,20). The second-order valence-corrected chi connectivity index (χ2v) is 5.26. The van der Waals surface area contributed by atoms with E-state index in [1.165, 1.54) is 12.1 Å². The zero-order valence-electron chi connectivity index (χ0n) is 10.9. The van der Waals surface area contributed by atoms with Gasteiger partial charge >= 0.3 is 0 Å². The second kappa shape index (κ2) is 6.48. The summed E-state index contributed by atoms with van der Waals surface area (Å²) in [4.78, 5) is 11.7. The second-order valence-electron chi connectivity index (χ2n) is 4.34. The Morgan fingerprint density at radius 1 is 1.25 bits per heavy atom. The van der Waals surface area contributed by atoms with Gasteiger partial charge in [-0.25, -0.2) is 4.39 Å². The van der Waals surface area contributed by atoms with Gasteiger partial charge in [0.15, 0.2) is 0 Å². The number of rotatable bonds is 3. The fourth-order valence-electron chi connectivity index (χ4n) is 1.64. The molecule has 1 N–H and O–H groups in total. The molecule has 2 aromatic rings. The largest absolute Gasteiger partial charge is 0.322 e. The Balaban J connectivity index is 2.03. The molecule has 0 unspecified atom stereocenters. The molecule has 0 aliphatic rings. The van der Waals surface area contributed by atoms with E-state index in [4.69, 9.17) is 0 Å². The van der Waals surface area contributed by atoms with Crippen LogP contribution < -0.4 is 5.32 Å². The molecule has 0 aliphatic heterocycles. The van der Waals surface area contributed by atoms with Crippen LogP contribution in [-0.4, -0.2) is 5.91 Å². The van der Waals surface area contributed by atoms with Crippen LogP contribution in [0.5, 0.6) is 0 Å². The van der Waals surface area contributed by atoms with Gasteiger partial charge in [-0.2, -0.15) is 0 Å². The van der Waals surface area contributed by atoms with Crippen molar-refractivity contribution >= 4 is 33.6 Å². The van der Waals surface area contributed by atoms with Gasteiger partial charge in [-0.15, -0.1) is 0 Å². The van der Waals surface area contributed by atoms with Crippen LogP contribution in [0.1, 0.15) is 11.1 Å². The van der Waals surface area contributed by atoms with Gasteiger partial charge in [-0.05, 0) is 48.4 Å². The van der Waals surface area contributed by atoms with E-state index < -0.39 is 0 Å². The Hall–Kier alpha value is -1.94. The van der Waals surface area contributed by atoms with Crippen LogP contribution in [0.3, 0.4) is 0 Å². The average Bonchev–Trinajstić information content (AvgIpc) is 2.41. The summed E-state index contributed by atoms with van der Waals surface area (Å²) >= 11 is 3.36. The molecule has 0 saturated carbocycles. The van der Waals surface area contributed by atoms with E-state index in [1.807, 2.05) is 24.3 Å². The lowest BCUT2D eigenvalue weighted by Gasteiger charge is -2.03. The fourth-order valence-corrected chi connectivity index (χ4v) is 2.05. The van der Waals surface area contributed by atoms with Gasteiger partial charge in [-0.3, -0.25) is 4.79 Å². The normalized spacial score (nSPS) is 10.8. The van der Waals surface area contributed by atoms with Gasteiger partial charge in [-0.1, -0.05) is 34.1 Å². The first-order chi connectivity index (χ1) is 9.54.